The summed E-state index contributed by atoms with van der Waals surface area (Å²) in [4.78, 5) is 11.5. The van der Waals surface area contributed by atoms with E-state index >= 15 is 0 Å². The van der Waals surface area contributed by atoms with E-state index in [1.165, 1.54) is 0 Å². The molecule has 15 nitrogen and oxygen atoms in total. The van der Waals surface area contributed by atoms with Crippen LogP contribution in [-0.4, -0.2) is 93.8 Å². The van der Waals surface area contributed by atoms with Crippen LogP contribution in [0.5, 0.6) is 0 Å². The van der Waals surface area contributed by atoms with Crippen LogP contribution in [0.2, 0.25) is 0 Å². The Hall–Kier alpha value is -0.990. The van der Waals surface area contributed by atoms with Gasteiger partial charge >= 0.3 is 0 Å². The fourth-order valence-corrected chi connectivity index (χ4v) is 4.73. The summed E-state index contributed by atoms with van der Waals surface area (Å²) in [5.74, 6) is -2.74. The van der Waals surface area contributed by atoms with Crippen LogP contribution < -0.4 is 9.83 Å². The number of carbonyl (C=O) groups excluding carboxylic acids is 1. The molecule has 0 spiro atoms. The molecule has 0 radical (unpaired) electrons. The molecule has 0 aromatic carbocycles. The Labute approximate surface area is 191 Å². The predicted molar refractivity (Wildman–Crippen MR) is 100.0 cm³/mol. The van der Waals surface area contributed by atoms with Gasteiger partial charge in [-0.2, -0.15) is 0 Å². The van der Waals surface area contributed by atoms with Gasteiger partial charge in [0.25, 0.3) is 0 Å². The lowest BCUT2D eigenvalue weighted by Gasteiger charge is -2.48. The Morgan fingerprint density at radius 2 is 1.64 bits per heavy atom. The van der Waals surface area contributed by atoms with Crippen LogP contribution in [0.4, 0.5) is 0 Å². The minimum atomic E-state index is -5.20. The van der Waals surface area contributed by atoms with Crippen molar-refractivity contribution in [3.8, 4) is 0 Å². The fourth-order valence-electron chi connectivity index (χ4n) is 3.84. The topological polar surface area (TPSA) is 233 Å². The minimum Gasteiger partial charge on any atom is -0.735 e. The van der Waals surface area contributed by atoms with E-state index in [0.717, 1.165) is 7.11 Å². The zero-order valence-electron chi connectivity index (χ0n) is 18.1. The number of carbonyl (C=O) groups is 1. The number of nitrogens with one attached hydrogen (secondary N) is 1. The van der Waals surface area contributed by atoms with Crippen LogP contribution >= 0.6 is 0 Å². The van der Waals surface area contributed by atoms with E-state index in [0.29, 0.717) is 0 Å². The van der Waals surface area contributed by atoms with E-state index in [2.05, 4.69) is 4.18 Å². The zero-order valence-corrected chi connectivity index (χ0v) is 19.7. The Balaban J connectivity index is 2.36. The highest BCUT2D eigenvalue weighted by Crippen LogP contribution is 2.37. The number of hydrogen-bond donors (Lipinski definition) is 2. The molecule has 2 N–H and O–H groups in total. The van der Waals surface area contributed by atoms with Gasteiger partial charge in [0.05, 0.1) is 12.6 Å². The second-order valence-electron chi connectivity index (χ2n) is 7.98. The first-order valence-corrected chi connectivity index (χ1v) is 12.5. The van der Waals surface area contributed by atoms with E-state index in [1.807, 2.05) is 0 Å². The molecule has 33 heavy (non-hydrogen) atoms. The molecule has 0 saturated carbocycles. The summed E-state index contributed by atoms with van der Waals surface area (Å²) in [7, 11) is -9.28. The SMILES string of the molecule is COC1OC(COS(=O)(=O)[O-])C(OC2OC(C(=O)[O-])C(C)C(C)C2C)C(O)C1NS(=O)(=O)[O-]. The van der Waals surface area contributed by atoms with Gasteiger partial charge in [0, 0.05) is 13.0 Å². The lowest BCUT2D eigenvalue weighted by atomic mass is 9.79. The lowest BCUT2D eigenvalue weighted by molar-refractivity contribution is -0.351. The van der Waals surface area contributed by atoms with Crippen LogP contribution in [-0.2, 0) is 48.6 Å². The van der Waals surface area contributed by atoms with E-state index < -0.39 is 88.2 Å². The van der Waals surface area contributed by atoms with Crippen LogP contribution in [0.15, 0.2) is 0 Å². The Kier molecular flexibility index (Phi) is 9.19. The smallest absolute Gasteiger partial charge is 0.217 e. The molecule has 17 heteroatoms. The van der Waals surface area contributed by atoms with Crippen LogP contribution in [0.1, 0.15) is 20.8 Å². The van der Waals surface area contributed by atoms with Crippen LogP contribution in [0.3, 0.4) is 0 Å². The molecule has 0 aromatic heterocycles. The quantitative estimate of drug-likeness (QED) is 0.221. The van der Waals surface area contributed by atoms with Crippen LogP contribution in [0, 0.1) is 17.8 Å². The van der Waals surface area contributed by atoms with Gasteiger partial charge in [-0.15, -0.1) is 0 Å². The van der Waals surface area contributed by atoms with Crippen LogP contribution in [0.25, 0.3) is 0 Å². The molecule has 2 rings (SSSR count). The first-order chi connectivity index (χ1) is 15.1. The zero-order chi connectivity index (χ0) is 25.3. The number of aliphatic hydroxyl groups is 1. The number of hydrogen-bond acceptors (Lipinski definition) is 14. The first kappa shape index (κ1) is 28.2. The predicted octanol–water partition coefficient (Wildman–Crippen LogP) is -3.62. The Morgan fingerprint density at radius 3 is 2.12 bits per heavy atom. The third-order valence-electron chi connectivity index (χ3n) is 5.93. The second-order valence-corrected chi connectivity index (χ2v) is 10.2. The second kappa shape index (κ2) is 10.7. The van der Waals surface area contributed by atoms with Gasteiger partial charge < -0.3 is 43.1 Å². The number of ether oxygens (including phenoxy) is 4. The normalized spacial score (nSPS) is 40.5. The largest absolute Gasteiger partial charge is 0.735 e. The third-order valence-corrected chi connectivity index (χ3v) is 6.92. The van der Waals surface area contributed by atoms with Crippen molar-refractivity contribution >= 4 is 26.7 Å². The van der Waals surface area contributed by atoms with Crippen molar-refractivity contribution in [2.24, 2.45) is 17.8 Å². The molecule has 2 fully saturated rings. The van der Waals surface area contributed by atoms with Crippen molar-refractivity contribution in [3.63, 3.8) is 0 Å². The van der Waals surface area contributed by atoms with Crippen molar-refractivity contribution in [1.29, 1.82) is 0 Å². The van der Waals surface area contributed by atoms with Crippen molar-refractivity contribution in [1.82, 2.24) is 4.72 Å². The lowest BCUT2D eigenvalue weighted by Crippen LogP contribution is -2.66. The molecule has 0 aliphatic carbocycles. The van der Waals surface area contributed by atoms with Gasteiger partial charge in [0.2, 0.25) is 10.4 Å². The number of rotatable bonds is 9. The summed E-state index contributed by atoms with van der Waals surface area (Å²) >= 11 is 0. The monoisotopic (exact) mass is 520 g/mol. The number of aliphatic hydroxyl groups excluding tert-OH is 1. The molecule has 194 valence electrons. The summed E-state index contributed by atoms with van der Waals surface area (Å²) in [6, 6.07) is -1.71. The van der Waals surface area contributed by atoms with Gasteiger partial charge in [0.15, 0.2) is 22.9 Å². The van der Waals surface area contributed by atoms with Gasteiger partial charge in [0.1, 0.15) is 30.5 Å². The fraction of sp³-hybridized carbons (Fsp3) is 0.938. The summed E-state index contributed by atoms with van der Waals surface area (Å²) in [6.45, 7) is 4.06. The maximum atomic E-state index is 11.5. The maximum absolute atomic E-state index is 11.5. The molecule has 2 aliphatic heterocycles. The molecule has 0 aromatic rings. The molecule has 10 unspecified atom stereocenters. The minimum absolute atomic E-state index is 0.285. The average molecular weight is 521 g/mol. The summed E-state index contributed by atoms with van der Waals surface area (Å²) < 4.78 is 93.7. The highest BCUT2D eigenvalue weighted by Gasteiger charge is 2.50. The van der Waals surface area contributed by atoms with Crippen molar-refractivity contribution < 1.29 is 64.1 Å². The third kappa shape index (κ3) is 7.25. The van der Waals surface area contributed by atoms with Gasteiger partial charge in [-0.25, -0.2) is 21.6 Å². The molecule has 2 saturated heterocycles. The highest BCUT2D eigenvalue weighted by atomic mass is 32.3. The Morgan fingerprint density at radius 1 is 1.03 bits per heavy atom. The van der Waals surface area contributed by atoms with Crippen molar-refractivity contribution in [2.45, 2.75) is 63.8 Å². The summed E-state index contributed by atoms with van der Waals surface area (Å²) in [5.41, 5.74) is 0. The van der Waals surface area contributed by atoms with Gasteiger partial charge in [-0.05, 0) is 11.8 Å². The molecule has 10 atom stereocenters. The van der Waals surface area contributed by atoms with E-state index in [1.54, 1.807) is 25.5 Å². The Bertz CT molecular complexity index is 893. The van der Waals surface area contributed by atoms with Gasteiger partial charge in [-0.3, -0.25) is 4.18 Å². The van der Waals surface area contributed by atoms with Gasteiger partial charge in [-0.1, -0.05) is 20.8 Å². The van der Waals surface area contributed by atoms with E-state index in [-0.39, 0.29) is 5.92 Å². The van der Waals surface area contributed by atoms with Crippen molar-refractivity contribution in [2.75, 3.05) is 13.7 Å². The maximum Gasteiger partial charge on any atom is 0.217 e. The average Bonchev–Trinajstić information content (AvgIpc) is 2.68. The number of carboxylic acids is 1. The molecular weight excluding hydrogens is 494 g/mol. The van der Waals surface area contributed by atoms with E-state index in [9.17, 15) is 40.9 Å². The standard InChI is InChI=1S/C16H29NO14S2/c1-6-7(2)12(14(19)20)30-15(8(6)3)31-13-9(5-28-33(24,25)26)29-16(27-4)10(11(13)18)17-32(21,22)23/h6-13,15-18H,5H2,1-4H3,(H,19,20)(H,21,22,23)(H,24,25,26)/p-3. The highest BCUT2D eigenvalue weighted by molar-refractivity contribution is 7.83. The first-order valence-electron chi connectivity index (χ1n) is 9.77. The number of aliphatic carboxylic acids is 1. The molecular formula is C16H26NO14S2-3. The molecule has 0 bridgehead atoms. The summed E-state index contributed by atoms with van der Waals surface area (Å²) in [6.07, 6.45) is -9.38. The number of methoxy groups -OCH3 is 1. The molecule has 2 heterocycles. The molecule has 2 aliphatic rings. The number of carboxylic acid groups (broad SMARTS) is 1. The molecule has 0 amide bonds. The van der Waals surface area contributed by atoms with Crippen molar-refractivity contribution in [3.05, 3.63) is 0 Å². The summed E-state index contributed by atoms with van der Waals surface area (Å²) in [5, 5.41) is 22.3. The van der Waals surface area contributed by atoms with E-state index in [4.69, 9.17) is 18.9 Å².